The van der Waals surface area contributed by atoms with Crippen LogP contribution in [0.25, 0.3) is 11.0 Å². The molecule has 0 saturated heterocycles. The Balaban J connectivity index is 1.48. The van der Waals surface area contributed by atoms with Crippen molar-refractivity contribution in [1.82, 2.24) is 0 Å². The maximum Gasteiger partial charge on any atom is 0.339 e. The van der Waals surface area contributed by atoms with E-state index in [9.17, 15) is 14.0 Å². The van der Waals surface area contributed by atoms with Crippen LogP contribution in [0.4, 0.5) is 10.1 Å². The molecule has 27 heavy (non-hydrogen) atoms. The Labute approximate surface area is 154 Å². The lowest BCUT2D eigenvalue weighted by molar-refractivity contribution is -0.118. The van der Waals surface area contributed by atoms with Gasteiger partial charge in [0, 0.05) is 22.7 Å². The molecule has 0 aliphatic heterocycles. The monoisotopic (exact) mass is 367 g/mol. The van der Waals surface area contributed by atoms with Crippen molar-refractivity contribution >= 4 is 22.6 Å². The van der Waals surface area contributed by atoms with Crippen molar-refractivity contribution in [2.45, 2.75) is 25.7 Å². The second-order valence-corrected chi connectivity index (χ2v) is 6.56. The Morgan fingerprint density at radius 2 is 1.81 bits per heavy atom. The topological polar surface area (TPSA) is 68.5 Å². The predicted molar refractivity (Wildman–Crippen MR) is 99.7 cm³/mol. The Hall–Kier alpha value is -3.15. The average Bonchev–Trinajstić information content (AvgIpc) is 2.68. The number of hydrogen-bond donors (Lipinski definition) is 1. The number of hydrogen-bond acceptors (Lipinski definition) is 4. The molecule has 6 heteroatoms. The number of benzene rings is 2. The van der Waals surface area contributed by atoms with Gasteiger partial charge in [-0.1, -0.05) is 0 Å². The molecule has 2 aromatic carbocycles. The number of halogens is 1. The molecule has 0 atom stereocenters. The van der Waals surface area contributed by atoms with Gasteiger partial charge >= 0.3 is 5.63 Å². The first-order chi connectivity index (χ1) is 13.1. The van der Waals surface area contributed by atoms with Gasteiger partial charge < -0.3 is 14.5 Å². The van der Waals surface area contributed by atoms with Crippen LogP contribution in [0.2, 0.25) is 0 Å². The summed E-state index contributed by atoms with van der Waals surface area (Å²) in [6.45, 7) is -0.210. The molecule has 0 radical (unpaired) electrons. The van der Waals surface area contributed by atoms with Gasteiger partial charge in [0.25, 0.3) is 5.91 Å². The molecular weight excluding hydrogens is 349 g/mol. The van der Waals surface area contributed by atoms with Gasteiger partial charge in [0.15, 0.2) is 6.61 Å². The van der Waals surface area contributed by atoms with E-state index in [0.29, 0.717) is 17.0 Å². The largest absolute Gasteiger partial charge is 0.484 e. The lowest BCUT2D eigenvalue weighted by Gasteiger charge is -2.16. The molecule has 1 heterocycles. The summed E-state index contributed by atoms with van der Waals surface area (Å²) >= 11 is 0. The first kappa shape index (κ1) is 17.3. The smallest absolute Gasteiger partial charge is 0.339 e. The van der Waals surface area contributed by atoms with E-state index in [0.717, 1.165) is 42.2 Å². The third-order valence-electron chi connectivity index (χ3n) is 4.69. The van der Waals surface area contributed by atoms with E-state index in [1.807, 2.05) is 6.07 Å². The predicted octanol–water partition coefficient (Wildman–Crippen LogP) is 3.83. The Kier molecular flexibility index (Phi) is 4.62. The number of amides is 1. The number of aryl methyl sites for hydroxylation is 1. The van der Waals surface area contributed by atoms with Crippen molar-refractivity contribution < 1.29 is 18.3 Å². The van der Waals surface area contributed by atoms with Gasteiger partial charge in [0.1, 0.15) is 17.1 Å². The van der Waals surface area contributed by atoms with Crippen LogP contribution in [0.3, 0.4) is 0 Å². The Morgan fingerprint density at radius 3 is 2.59 bits per heavy atom. The minimum atomic E-state index is -0.371. The summed E-state index contributed by atoms with van der Waals surface area (Å²) in [4.78, 5) is 24.2. The van der Waals surface area contributed by atoms with E-state index in [1.54, 1.807) is 12.1 Å². The van der Waals surface area contributed by atoms with Crippen molar-refractivity contribution in [2.24, 2.45) is 0 Å². The number of fused-ring (bicyclic) bond motifs is 3. The van der Waals surface area contributed by atoms with Crippen LogP contribution < -0.4 is 15.7 Å². The zero-order valence-electron chi connectivity index (χ0n) is 14.6. The van der Waals surface area contributed by atoms with E-state index in [1.165, 1.54) is 24.3 Å². The maximum atomic E-state index is 12.9. The van der Waals surface area contributed by atoms with Crippen LogP contribution in [0, 0.1) is 5.82 Å². The average molecular weight is 367 g/mol. The van der Waals surface area contributed by atoms with Gasteiger partial charge in [-0.3, -0.25) is 4.79 Å². The summed E-state index contributed by atoms with van der Waals surface area (Å²) < 4.78 is 23.8. The molecule has 0 saturated carbocycles. The van der Waals surface area contributed by atoms with Crippen LogP contribution in [-0.2, 0) is 17.6 Å². The van der Waals surface area contributed by atoms with Crippen LogP contribution >= 0.6 is 0 Å². The number of anilines is 1. The Morgan fingerprint density at radius 1 is 1.07 bits per heavy atom. The lowest BCUT2D eigenvalue weighted by Crippen LogP contribution is -2.20. The van der Waals surface area contributed by atoms with Crippen LogP contribution in [0.15, 0.2) is 51.7 Å². The number of carbonyl (C=O) groups is 1. The Bertz CT molecular complexity index is 1060. The molecule has 138 valence electrons. The van der Waals surface area contributed by atoms with Crippen molar-refractivity contribution in [3.8, 4) is 5.75 Å². The first-order valence-corrected chi connectivity index (χ1v) is 8.87. The second-order valence-electron chi connectivity index (χ2n) is 6.56. The zero-order chi connectivity index (χ0) is 18.8. The highest BCUT2D eigenvalue weighted by molar-refractivity contribution is 5.92. The molecule has 3 aromatic rings. The van der Waals surface area contributed by atoms with E-state index < -0.39 is 0 Å². The first-order valence-electron chi connectivity index (χ1n) is 8.87. The van der Waals surface area contributed by atoms with E-state index in [4.69, 9.17) is 9.15 Å². The maximum absolute atomic E-state index is 12.9. The molecule has 4 rings (SSSR count). The second kappa shape index (κ2) is 7.23. The SMILES string of the molecule is O=C(COc1ccc2c3c(c(=O)oc2c1)CCCC3)Nc1ccc(F)cc1. The zero-order valence-corrected chi connectivity index (χ0v) is 14.6. The molecule has 5 nitrogen and oxygen atoms in total. The normalized spacial score (nSPS) is 13.2. The summed E-state index contributed by atoms with van der Waals surface area (Å²) in [5.74, 6) is -0.298. The minimum absolute atomic E-state index is 0.210. The summed E-state index contributed by atoms with van der Waals surface area (Å²) in [5.41, 5.74) is 2.51. The highest BCUT2D eigenvalue weighted by Gasteiger charge is 2.18. The quantitative estimate of drug-likeness (QED) is 0.712. The van der Waals surface area contributed by atoms with Gasteiger partial charge in [0.05, 0.1) is 0 Å². The van der Waals surface area contributed by atoms with Crippen molar-refractivity contribution in [1.29, 1.82) is 0 Å². The van der Waals surface area contributed by atoms with Crippen LogP contribution in [0.5, 0.6) is 5.75 Å². The molecular formula is C21H18FNO4. The van der Waals surface area contributed by atoms with Crippen molar-refractivity contribution in [3.63, 3.8) is 0 Å². The number of ether oxygens (including phenoxy) is 1. The lowest BCUT2D eigenvalue weighted by atomic mass is 9.91. The molecule has 1 N–H and O–H groups in total. The standard InChI is InChI=1S/C21H18FNO4/c22-13-5-7-14(8-6-13)23-20(24)12-26-15-9-10-17-16-3-1-2-4-18(16)21(25)27-19(17)11-15/h5-11H,1-4,12H2,(H,23,24). The third kappa shape index (κ3) is 3.69. The van der Waals surface area contributed by atoms with Gasteiger partial charge in [-0.15, -0.1) is 0 Å². The molecule has 0 bridgehead atoms. The molecule has 0 unspecified atom stereocenters. The summed E-state index contributed by atoms with van der Waals surface area (Å²) in [6, 6.07) is 10.8. The van der Waals surface area contributed by atoms with Gasteiger partial charge in [-0.2, -0.15) is 0 Å². The number of nitrogens with one attached hydrogen (secondary N) is 1. The molecule has 1 amide bonds. The molecule has 0 fully saturated rings. The van der Waals surface area contributed by atoms with Gasteiger partial charge in [-0.25, -0.2) is 9.18 Å². The van der Waals surface area contributed by atoms with Crippen molar-refractivity contribution in [2.75, 3.05) is 11.9 Å². The third-order valence-corrected chi connectivity index (χ3v) is 4.69. The molecule has 1 aromatic heterocycles. The molecule has 1 aliphatic rings. The number of rotatable bonds is 4. The number of carbonyl (C=O) groups excluding carboxylic acids is 1. The van der Waals surface area contributed by atoms with Crippen LogP contribution in [-0.4, -0.2) is 12.5 Å². The summed E-state index contributed by atoms with van der Waals surface area (Å²) in [7, 11) is 0. The van der Waals surface area contributed by atoms with Crippen molar-refractivity contribution in [3.05, 3.63) is 69.8 Å². The fourth-order valence-electron chi connectivity index (χ4n) is 3.39. The fourth-order valence-corrected chi connectivity index (χ4v) is 3.39. The van der Waals surface area contributed by atoms with Gasteiger partial charge in [-0.05, 0) is 67.6 Å². The summed E-state index contributed by atoms with van der Waals surface area (Å²) in [5, 5.41) is 3.55. The van der Waals surface area contributed by atoms with Crippen LogP contribution in [0.1, 0.15) is 24.0 Å². The highest BCUT2D eigenvalue weighted by atomic mass is 19.1. The van der Waals surface area contributed by atoms with E-state index in [2.05, 4.69) is 5.32 Å². The molecule has 0 spiro atoms. The van der Waals surface area contributed by atoms with Gasteiger partial charge in [0.2, 0.25) is 0 Å². The van der Waals surface area contributed by atoms with E-state index in [-0.39, 0.29) is 24.0 Å². The minimum Gasteiger partial charge on any atom is -0.484 e. The highest BCUT2D eigenvalue weighted by Crippen LogP contribution is 2.29. The fraction of sp³-hybridized carbons (Fsp3) is 0.238. The molecule has 1 aliphatic carbocycles. The summed E-state index contributed by atoms with van der Waals surface area (Å²) in [6.07, 6.45) is 3.70. The van der Waals surface area contributed by atoms with E-state index >= 15 is 0 Å².